The first-order valence-corrected chi connectivity index (χ1v) is 2.87. The molecule has 2 N–H and O–H groups in total. The first-order chi connectivity index (χ1) is 4.20. The van der Waals surface area contributed by atoms with Gasteiger partial charge in [0.2, 0.25) is 0 Å². The Bertz CT molecular complexity index is 160. The van der Waals surface area contributed by atoms with E-state index in [1.54, 1.807) is 6.92 Å². The third-order valence-electron chi connectivity index (χ3n) is 1.14. The number of aliphatic hydroxyl groups is 1. The van der Waals surface area contributed by atoms with Crippen LogP contribution in [-0.4, -0.2) is 23.6 Å². The number of hydrogen-bond acceptors (Lipinski definition) is 3. The van der Waals surface area contributed by atoms with Gasteiger partial charge >= 0.3 is 0 Å². The molecule has 0 spiro atoms. The molecule has 0 saturated heterocycles. The molecule has 0 bridgehead atoms. The Hall–Kier alpha value is -0.830. The van der Waals surface area contributed by atoms with Crippen LogP contribution in [0.2, 0.25) is 0 Å². The Labute approximate surface area is 54.1 Å². The van der Waals surface area contributed by atoms with E-state index in [0.29, 0.717) is 12.4 Å². The van der Waals surface area contributed by atoms with Gasteiger partial charge in [0.1, 0.15) is 11.9 Å². The fourth-order valence-electron chi connectivity index (χ4n) is 0.677. The van der Waals surface area contributed by atoms with Crippen molar-refractivity contribution in [1.82, 2.24) is 5.32 Å². The molecule has 0 aromatic heterocycles. The Kier molecular flexibility index (Phi) is 1.53. The maximum Gasteiger partial charge on any atom is 0.130 e. The van der Waals surface area contributed by atoms with Crippen LogP contribution in [0.25, 0.3) is 0 Å². The van der Waals surface area contributed by atoms with Gasteiger partial charge in [-0.1, -0.05) is 6.58 Å². The third-order valence-corrected chi connectivity index (χ3v) is 1.14. The van der Waals surface area contributed by atoms with Gasteiger partial charge in [0.05, 0.1) is 6.54 Å². The maximum absolute atomic E-state index is 8.94. The summed E-state index contributed by atoms with van der Waals surface area (Å²) in [5.74, 6) is 0.625. The number of aliphatic imine (C=N–C) groups is 1. The van der Waals surface area contributed by atoms with Crippen LogP contribution in [0.3, 0.4) is 0 Å². The van der Waals surface area contributed by atoms with Crippen molar-refractivity contribution in [3.63, 3.8) is 0 Å². The van der Waals surface area contributed by atoms with E-state index in [1.807, 2.05) is 0 Å². The highest BCUT2D eigenvalue weighted by Crippen LogP contribution is 1.98. The van der Waals surface area contributed by atoms with Crippen molar-refractivity contribution in [1.29, 1.82) is 0 Å². The summed E-state index contributed by atoms with van der Waals surface area (Å²) < 4.78 is 0. The zero-order chi connectivity index (χ0) is 6.85. The Morgan fingerprint density at radius 3 is 2.78 bits per heavy atom. The number of rotatable bonds is 1. The van der Waals surface area contributed by atoms with Crippen molar-refractivity contribution in [2.75, 3.05) is 6.54 Å². The molecule has 0 radical (unpaired) electrons. The smallest absolute Gasteiger partial charge is 0.130 e. The molecule has 0 aromatic carbocycles. The van der Waals surface area contributed by atoms with E-state index in [0.717, 1.165) is 5.70 Å². The molecular weight excluding hydrogens is 116 g/mol. The molecule has 3 nitrogen and oxygen atoms in total. The first-order valence-electron chi connectivity index (χ1n) is 2.87. The summed E-state index contributed by atoms with van der Waals surface area (Å²) in [6.45, 7) is 5.92. The molecule has 9 heavy (non-hydrogen) atoms. The quantitative estimate of drug-likeness (QED) is 0.514. The highest BCUT2D eigenvalue weighted by molar-refractivity contribution is 5.89. The van der Waals surface area contributed by atoms with Crippen molar-refractivity contribution in [2.24, 2.45) is 4.99 Å². The number of aliphatic hydroxyl groups excluding tert-OH is 1. The molecule has 1 atom stereocenters. The van der Waals surface area contributed by atoms with Crippen LogP contribution in [-0.2, 0) is 0 Å². The van der Waals surface area contributed by atoms with Crippen molar-refractivity contribution >= 4 is 5.84 Å². The molecule has 1 heterocycles. The summed E-state index contributed by atoms with van der Waals surface area (Å²) >= 11 is 0. The van der Waals surface area contributed by atoms with Gasteiger partial charge in [0, 0.05) is 5.70 Å². The molecular formula is C6H10N2O. The summed E-state index contributed by atoms with van der Waals surface area (Å²) in [5.41, 5.74) is 0.853. The lowest BCUT2D eigenvalue weighted by Crippen LogP contribution is -2.27. The average Bonchev–Trinajstić information content (AvgIpc) is 2.14. The Morgan fingerprint density at radius 2 is 2.56 bits per heavy atom. The second-order valence-electron chi connectivity index (χ2n) is 2.11. The molecule has 1 rings (SSSR count). The SMILES string of the molecule is C=C1CN=C(C(C)O)N1. The summed E-state index contributed by atoms with van der Waals surface area (Å²) in [6.07, 6.45) is -0.496. The Balaban J connectivity index is 2.55. The molecule has 0 aliphatic carbocycles. The van der Waals surface area contributed by atoms with Crippen LogP contribution < -0.4 is 5.32 Å². The van der Waals surface area contributed by atoms with Crippen molar-refractivity contribution < 1.29 is 5.11 Å². The van der Waals surface area contributed by atoms with Crippen LogP contribution >= 0.6 is 0 Å². The second-order valence-corrected chi connectivity index (χ2v) is 2.11. The minimum atomic E-state index is -0.496. The van der Waals surface area contributed by atoms with Gasteiger partial charge in [-0.2, -0.15) is 0 Å². The lowest BCUT2D eigenvalue weighted by atomic mass is 10.4. The van der Waals surface area contributed by atoms with Crippen LogP contribution in [0, 0.1) is 0 Å². The lowest BCUT2D eigenvalue weighted by molar-refractivity contribution is 0.259. The van der Waals surface area contributed by atoms with E-state index in [4.69, 9.17) is 5.11 Å². The number of amidine groups is 1. The van der Waals surface area contributed by atoms with Crippen LogP contribution in [0.4, 0.5) is 0 Å². The monoisotopic (exact) mass is 126 g/mol. The topological polar surface area (TPSA) is 44.6 Å². The molecule has 0 aromatic rings. The maximum atomic E-state index is 8.94. The van der Waals surface area contributed by atoms with E-state index in [2.05, 4.69) is 16.9 Å². The van der Waals surface area contributed by atoms with Gasteiger partial charge in [-0.25, -0.2) is 0 Å². The van der Waals surface area contributed by atoms with E-state index in [1.165, 1.54) is 0 Å². The molecule has 0 amide bonds. The van der Waals surface area contributed by atoms with Gasteiger partial charge < -0.3 is 10.4 Å². The minimum absolute atomic E-state index is 0.496. The standard InChI is InChI=1S/C6H10N2O/c1-4-3-7-6(8-4)5(2)9/h5,9H,1,3H2,2H3,(H,7,8). The molecule has 50 valence electrons. The second kappa shape index (κ2) is 2.19. The predicted octanol–water partition coefficient (Wildman–Crippen LogP) is -0.117. The zero-order valence-corrected chi connectivity index (χ0v) is 5.39. The predicted molar refractivity (Wildman–Crippen MR) is 36.3 cm³/mol. The molecule has 0 fully saturated rings. The minimum Gasteiger partial charge on any atom is -0.385 e. The molecule has 0 saturated carbocycles. The molecule has 3 heteroatoms. The summed E-state index contributed by atoms with van der Waals surface area (Å²) in [7, 11) is 0. The number of hydrogen-bond donors (Lipinski definition) is 2. The average molecular weight is 126 g/mol. The normalized spacial score (nSPS) is 21.1. The lowest BCUT2D eigenvalue weighted by Gasteiger charge is -2.03. The van der Waals surface area contributed by atoms with Gasteiger partial charge in [0.15, 0.2) is 0 Å². The van der Waals surface area contributed by atoms with Gasteiger partial charge in [-0.15, -0.1) is 0 Å². The zero-order valence-electron chi connectivity index (χ0n) is 5.39. The summed E-state index contributed by atoms with van der Waals surface area (Å²) in [5, 5.41) is 11.8. The van der Waals surface area contributed by atoms with E-state index < -0.39 is 6.10 Å². The van der Waals surface area contributed by atoms with Gasteiger partial charge in [0.25, 0.3) is 0 Å². The summed E-state index contributed by atoms with van der Waals surface area (Å²) in [6, 6.07) is 0. The summed E-state index contributed by atoms with van der Waals surface area (Å²) in [4.78, 5) is 3.97. The van der Waals surface area contributed by atoms with Crippen molar-refractivity contribution in [3.8, 4) is 0 Å². The fraction of sp³-hybridized carbons (Fsp3) is 0.500. The van der Waals surface area contributed by atoms with Gasteiger partial charge in [-0.05, 0) is 6.92 Å². The van der Waals surface area contributed by atoms with E-state index >= 15 is 0 Å². The molecule has 1 aliphatic rings. The van der Waals surface area contributed by atoms with Crippen LogP contribution in [0.5, 0.6) is 0 Å². The van der Waals surface area contributed by atoms with E-state index in [-0.39, 0.29) is 0 Å². The largest absolute Gasteiger partial charge is 0.385 e. The Morgan fingerprint density at radius 1 is 1.89 bits per heavy atom. The highest BCUT2D eigenvalue weighted by atomic mass is 16.3. The molecule has 1 aliphatic heterocycles. The van der Waals surface area contributed by atoms with Crippen LogP contribution in [0.15, 0.2) is 17.3 Å². The van der Waals surface area contributed by atoms with Crippen molar-refractivity contribution in [2.45, 2.75) is 13.0 Å². The van der Waals surface area contributed by atoms with Crippen LogP contribution in [0.1, 0.15) is 6.92 Å². The van der Waals surface area contributed by atoms with Crippen molar-refractivity contribution in [3.05, 3.63) is 12.3 Å². The number of nitrogens with zero attached hydrogens (tertiary/aromatic N) is 1. The highest BCUT2D eigenvalue weighted by Gasteiger charge is 2.12. The number of nitrogens with one attached hydrogen (secondary N) is 1. The van der Waals surface area contributed by atoms with E-state index in [9.17, 15) is 0 Å². The fourth-order valence-corrected chi connectivity index (χ4v) is 0.677. The van der Waals surface area contributed by atoms with Gasteiger partial charge in [-0.3, -0.25) is 4.99 Å². The molecule has 1 unspecified atom stereocenters. The third kappa shape index (κ3) is 1.29. The first kappa shape index (κ1) is 6.29.